The molecule has 2 amide bonds. The predicted octanol–water partition coefficient (Wildman–Crippen LogP) is 5.01. The fraction of sp³-hybridized carbons (Fsp3) is 0.310. The van der Waals surface area contributed by atoms with E-state index in [1.165, 1.54) is 24.1 Å². The molecule has 0 unspecified atom stereocenters. The zero-order chi connectivity index (χ0) is 28.0. The van der Waals surface area contributed by atoms with Crippen molar-refractivity contribution in [2.24, 2.45) is 0 Å². The van der Waals surface area contributed by atoms with Crippen molar-refractivity contribution in [2.45, 2.75) is 51.6 Å². The lowest BCUT2D eigenvalue weighted by Crippen LogP contribution is -2.51. The van der Waals surface area contributed by atoms with E-state index < -0.39 is 28.5 Å². The summed E-state index contributed by atoms with van der Waals surface area (Å²) >= 11 is 6.36. The van der Waals surface area contributed by atoms with Crippen molar-refractivity contribution in [3.05, 3.63) is 94.0 Å². The molecule has 0 bridgehead atoms. The van der Waals surface area contributed by atoms with Crippen LogP contribution in [-0.4, -0.2) is 44.8 Å². The Hall–Kier alpha value is -3.36. The number of benzene rings is 3. The van der Waals surface area contributed by atoms with Gasteiger partial charge in [0, 0.05) is 18.6 Å². The molecule has 3 aromatic carbocycles. The summed E-state index contributed by atoms with van der Waals surface area (Å²) in [5, 5.41) is 3.01. The lowest BCUT2D eigenvalue weighted by Gasteiger charge is -2.33. The minimum absolute atomic E-state index is 0.0544. The maximum atomic E-state index is 14.0. The Kier molecular flexibility index (Phi) is 9.57. The monoisotopic (exact) mass is 555 g/mol. The zero-order valence-electron chi connectivity index (χ0n) is 22.4. The first kappa shape index (κ1) is 29.2. The molecule has 38 heavy (non-hydrogen) atoms. The van der Waals surface area contributed by atoms with Crippen LogP contribution in [0.4, 0.5) is 5.69 Å². The normalized spacial score (nSPS) is 12.1. The Bertz CT molecular complexity index is 1390. The summed E-state index contributed by atoms with van der Waals surface area (Å²) in [6, 6.07) is 18.3. The minimum Gasteiger partial charge on any atom is -0.357 e. The van der Waals surface area contributed by atoms with Gasteiger partial charge in [-0.15, -0.1) is 0 Å². The number of carbonyl (C=O) groups excluding carboxylic acids is 2. The topological polar surface area (TPSA) is 86.8 Å². The van der Waals surface area contributed by atoms with Crippen LogP contribution in [0.1, 0.15) is 35.6 Å². The molecule has 0 fully saturated rings. The average molecular weight is 556 g/mol. The quantitative estimate of drug-likeness (QED) is 0.381. The Morgan fingerprint density at radius 2 is 1.50 bits per heavy atom. The van der Waals surface area contributed by atoms with Gasteiger partial charge in [0.1, 0.15) is 12.6 Å². The molecule has 3 aromatic rings. The summed E-state index contributed by atoms with van der Waals surface area (Å²) in [7, 11) is -2.63. The first-order valence-corrected chi connectivity index (χ1v) is 14.2. The number of anilines is 1. The number of hydrogen-bond acceptors (Lipinski definition) is 4. The summed E-state index contributed by atoms with van der Waals surface area (Å²) < 4.78 is 28.9. The number of nitrogens with zero attached hydrogens (tertiary/aromatic N) is 2. The number of aryl methyl sites for hydroxylation is 2. The van der Waals surface area contributed by atoms with Crippen molar-refractivity contribution in [1.82, 2.24) is 10.2 Å². The number of rotatable bonds is 10. The van der Waals surface area contributed by atoms with Gasteiger partial charge >= 0.3 is 0 Å². The van der Waals surface area contributed by atoms with Crippen LogP contribution in [0.3, 0.4) is 0 Å². The first-order valence-electron chi connectivity index (χ1n) is 12.4. The van der Waals surface area contributed by atoms with Gasteiger partial charge in [0.15, 0.2) is 0 Å². The third-order valence-electron chi connectivity index (χ3n) is 6.50. The van der Waals surface area contributed by atoms with Crippen LogP contribution in [0.25, 0.3) is 0 Å². The molecule has 0 radical (unpaired) electrons. The zero-order valence-corrected chi connectivity index (χ0v) is 23.9. The number of halogens is 1. The van der Waals surface area contributed by atoms with Crippen LogP contribution in [0, 0.1) is 20.8 Å². The Morgan fingerprint density at radius 1 is 0.921 bits per heavy atom. The van der Waals surface area contributed by atoms with Gasteiger partial charge in [0.25, 0.3) is 10.0 Å². The number of hydrogen-bond donors (Lipinski definition) is 1. The SMILES string of the molecule is CC[C@@H](C(=O)NC)N(Cc1ccc(C)cc1)C(=O)CN(c1cccc(Cl)c1C)S(=O)(=O)c1ccc(C)cc1. The Morgan fingerprint density at radius 3 is 2.05 bits per heavy atom. The molecule has 0 aliphatic heterocycles. The van der Waals surface area contributed by atoms with Gasteiger partial charge in [-0.05, 0) is 62.6 Å². The van der Waals surface area contributed by atoms with Gasteiger partial charge in [-0.2, -0.15) is 0 Å². The highest BCUT2D eigenvalue weighted by molar-refractivity contribution is 7.92. The van der Waals surface area contributed by atoms with Crippen molar-refractivity contribution < 1.29 is 18.0 Å². The summed E-state index contributed by atoms with van der Waals surface area (Å²) in [5.41, 5.74) is 3.64. The molecule has 9 heteroatoms. The second-order valence-corrected chi connectivity index (χ2v) is 11.5. The van der Waals surface area contributed by atoms with E-state index in [9.17, 15) is 18.0 Å². The molecule has 0 aromatic heterocycles. The lowest BCUT2D eigenvalue weighted by atomic mass is 10.1. The van der Waals surface area contributed by atoms with Crippen LogP contribution in [0.5, 0.6) is 0 Å². The smallest absolute Gasteiger partial charge is 0.264 e. The molecule has 0 spiro atoms. The van der Waals surface area contributed by atoms with E-state index in [-0.39, 0.29) is 17.3 Å². The van der Waals surface area contributed by atoms with Gasteiger partial charge in [-0.3, -0.25) is 13.9 Å². The molecule has 0 heterocycles. The number of sulfonamides is 1. The van der Waals surface area contributed by atoms with E-state index in [0.29, 0.717) is 22.7 Å². The minimum atomic E-state index is -4.15. The number of carbonyl (C=O) groups is 2. The number of likely N-dealkylation sites (N-methyl/N-ethyl adjacent to an activating group) is 1. The second kappa shape index (κ2) is 12.5. The van der Waals surface area contributed by atoms with Gasteiger partial charge in [0.2, 0.25) is 11.8 Å². The molecule has 7 nitrogen and oxygen atoms in total. The van der Waals surface area contributed by atoms with Crippen LogP contribution < -0.4 is 9.62 Å². The third-order valence-corrected chi connectivity index (χ3v) is 8.68. The molecular weight excluding hydrogens is 522 g/mol. The largest absolute Gasteiger partial charge is 0.357 e. The molecule has 1 atom stereocenters. The van der Waals surface area contributed by atoms with Gasteiger partial charge in [-0.1, -0.05) is 72.1 Å². The first-order chi connectivity index (χ1) is 18.0. The van der Waals surface area contributed by atoms with Crippen molar-refractivity contribution in [3.63, 3.8) is 0 Å². The van der Waals surface area contributed by atoms with E-state index in [0.717, 1.165) is 21.0 Å². The van der Waals surface area contributed by atoms with Crippen LogP contribution in [0.2, 0.25) is 5.02 Å². The van der Waals surface area contributed by atoms with Gasteiger partial charge < -0.3 is 10.2 Å². The summed E-state index contributed by atoms with van der Waals surface area (Å²) in [5.74, 6) is -0.823. The van der Waals surface area contributed by atoms with Crippen molar-refractivity contribution in [3.8, 4) is 0 Å². The molecule has 0 aliphatic carbocycles. The molecule has 1 N–H and O–H groups in total. The molecule has 202 valence electrons. The number of amides is 2. The summed E-state index contributed by atoms with van der Waals surface area (Å²) in [6.45, 7) is 7.01. The van der Waals surface area contributed by atoms with Crippen molar-refractivity contribution in [2.75, 3.05) is 17.9 Å². The number of nitrogens with one attached hydrogen (secondary N) is 1. The van der Waals surface area contributed by atoms with Crippen LogP contribution in [0.15, 0.2) is 71.6 Å². The van der Waals surface area contributed by atoms with Gasteiger partial charge in [0.05, 0.1) is 10.6 Å². The van der Waals surface area contributed by atoms with E-state index >= 15 is 0 Å². The highest BCUT2D eigenvalue weighted by Gasteiger charge is 2.34. The predicted molar refractivity (Wildman–Crippen MR) is 152 cm³/mol. The maximum absolute atomic E-state index is 14.0. The summed E-state index contributed by atoms with van der Waals surface area (Å²) in [6.07, 6.45) is 0.359. The molecule has 0 saturated heterocycles. The van der Waals surface area contributed by atoms with Crippen molar-refractivity contribution in [1.29, 1.82) is 0 Å². The van der Waals surface area contributed by atoms with Crippen molar-refractivity contribution >= 4 is 39.1 Å². The summed E-state index contributed by atoms with van der Waals surface area (Å²) in [4.78, 5) is 28.2. The molecule has 3 rings (SSSR count). The second-order valence-electron chi connectivity index (χ2n) is 9.25. The Labute approximate surface area is 230 Å². The van der Waals surface area contributed by atoms with Crippen LogP contribution in [-0.2, 0) is 26.2 Å². The highest BCUT2D eigenvalue weighted by Crippen LogP contribution is 2.31. The van der Waals surface area contributed by atoms with E-state index in [1.54, 1.807) is 37.3 Å². The third kappa shape index (κ3) is 6.55. The molecule has 0 aliphatic rings. The van der Waals surface area contributed by atoms with E-state index in [2.05, 4.69) is 5.32 Å². The van der Waals surface area contributed by atoms with E-state index in [4.69, 9.17) is 11.6 Å². The Balaban J connectivity index is 2.10. The van der Waals surface area contributed by atoms with Crippen LogP contribution >= 0.6 is 11.6 Å². The highest BCUT2D eigenvalue weighted by atomic mass is 35.5. The standard InChI is InChI=1S/C29H34ClN3O4S/c1-6-26(29(35)31-5)32(18-23-14-10-20(2)11-15-23)28(34)19-33(27-9-7-8-25(30)22(27)4)38(36,37)24-16-12-21(3)13-17-24/h7-17,26H,6,18-19H2,1-5H3,(H,31,35)/t26-/m0/s1. The van der Waals surface area contributed by atoms with Gasteiger partial charge in [-0.25, -0.2) is 8.42 Å². The average Bonchev–Trinajstić information content (AvgIpc) is 2.90. The molecular formula is C29H34ClN3O4S. The van der Waals surface area contributed by atoms with E-state index in [1.807, 2.05) is 45.0 Å². The molecule has 0 saturated carbocycles. The lowest BCUT2D eigenvalue weighted by molar-refractivity contribution is -0.140. The fourth-order valence-electron chi connectivity index (χ4n) is 4.19. The maximum Gasteiger partial charge on any atom is 0.264 e. The fourth-order valence-corrected chi connectivity index (χ4v) is 5.83.